The normalized spacial score (nSPS) is 20.5. The maximum atomic E-state index is 3.68. The molecule has 2 N–H and O–H groups in total. The number of rotatable bonds is 6. The molecular formula is C10H22N2. The minimum Gasteiger partial charge on any atom is -0.320 e. The lowest BCUT2D eigenvalue weighted by atomic mass is 9.75. The first kappa shape index (κ1) is 10.0. The molecule has 1 aliphatic rings. The smallest absolute Gasteiger partial charge is 0.0178 e. The Labute approximate surface area is 76.1 Å². The summed E-state index contributed by atoms with van der Waals surface area (Å²) >= 11 is 0. The summed E-state index contributed by atoms with van der Waals surface area (Å²) < 4.78 is 0. The lowest BCUT2D eigenvalue weighted by Crippen LogP contribution is -2.50. The van der Waals surface area contributed by atoms with Crippen molar-refractivity contribution in [2.75, 3.05) is 20.1 Å². The van der Waals surface area contributed by atoms with E-state index in [-0.39, 0.29) is 0 Å². The number of hydrogen-bond acceptors (Lipinski definition) is 2. The third-order valence-corrected chi connectivity index (χ3v) is 3.09. The van der Waals surface area contributed by atoms with Crippen LogP contribution in [0.2, 0.25) is 0 Å². The van der Waals surface area contributed by atoms with Crippen LogP contribution in [0.3, 0.4) is 0 Å². The fourth-order valence-electron chi connectivity index (χ4n) is 1.88. The topological polar surface area (TPSA) is 24.1 Å². The first-order chi connectivity index (χ1) is 5.83. The molecule has 2 heteroatoms. The molecular weight excluding hydrogens is 148 g/mol. The van der Waals surface area contributed by atoms with E-state index >= 15 is 0 Å². The second kappa shape index (κ2) is 4.83. The van der Waals surface area contributed by atoms with E-state index in [4.69, 9.17) is 0 Å². The van der Waals surface area contributed by atoms with Gasteiger partial charge in [-0.3, -0.25) is 0 Å². The molecule has 0 atom stereocenters. The maximum Gasteiger partial charge on any atom is 0.0178 e. The summed E-state index contributed by atoms with van der Waals surface area (Å²) in [5, 5.41) is 6.85. The Bertz CT molecular complexity index is 113. The summed E-state index contributed by atoms with van der Waals surface area (Å²) in [6, 6.07) is 0. The summed E-state index contributed by atoms with van der Waals surface area (Å²) in [7, 11) is 2.01. The molecule has 1 fully saturated rings. The summed E-state index contributed by atoms with van der Waals surface area (Å²) in [4.78, 5) is 0. The molecule has 12 heavy (non-hydrogen) atoms. The molecule has 0 aliphatic heterocycles. The molecule has 0 radical (unpaired) electrons. The van der Waals surface area contributed by atoms with Crippen molar-refractivity contribution >= 4 is 0 Å². The van der Waals surface area contributed by atoms with Crippen LogP contribution in [0.25, 0.3) is 0 Å². The molecule has 0 heterocycles. The quantitative estimate of drug-likeness (QED) is 0.591. The lowest BCUT2D eigenvalue weighted by Gasteiger charge is -2.42. The van der Waals surface area contributed by atoms with Gasteiger partial charge in [0.15, 0.2) is 0 Å². The third kappa shape index (κ3) is 2.46. The largest absolute Gasteiger partial charge is 0.320 e. The van der Waals surface area contributed by atoms with Crippen molar-refractivity contribution in [2.45, 2.75) is 44.6 Å². The van der Waals surface area contributed by atoms with Gasteiger partial charge in [-0.25, -0.2) is 0 Å². The molecule has 1 aliphatic carbocycles. The van der Waals surface area contributed by atoms with E-state index in [1.54, 1.807) is 0 Å². The highest BCUT2D eigenvalue weighted by molar-refractivity contribution is 4.94. The predicted octanol–water partition coefficient (Wildman–Crippen LogP) is 1.52. The van der Waals surface area contributed by atoms with Crippen molar-refractivity contribution in [3.63, 3.8) is 0 Å². The molecule has 0 unspecified atom stereocenters. The Morgan fingerprint density at radius 3 is 2.42 bits per heavy atom. The van der Waals surface area contributed by atoms with E-state index in [9.17, 15) is 0 Å². The SMILES string of the molecule is CCC1(NCCCNC)CCC1. The zero-order chi connectivity index (χ0) is 8.86. The van der Waals surface area contributed by atoms with Gasteiger partial charge in [-0.05, 0) is 52.2 Å². The Morgan fingerprint density at radius 2 is 2.00 bits per heavy atom. The van der Waals surface area contributed by atoms with Crippen molar-refractivity contribution in [1.82, 2.24) is 10.6 Å². The Balaban J connectivity index is 2.04. The van der Waals surface area contributed by atoms with Gasteiger partial charge in [0.1, 0.15) is 0 Å². The summed E-state index contributed by atoms with van der Waals surface area (Å²) in [5.74, 6) is 0. The zero-order valence-electron chi connectivity index (χ0n) is 8.45. The Kier molecular flexibility index (Phi) is 4.02. The zero-order valence-corrected chi connectivity index (χ0v) is 8.45. The van der Waals surface area contributed by atoms with Gasteiger partial charge >= 0.3 is 0 Å². The van der Waals surface area contributed by atoms with Crippen LogP contribution in [-0.4, -0.2) is 25.7 Å². The fourth-order valence-corrected chi connectivity index (χ4v) is 1.88. The highest BCUT2D eigenvalue weighted by atomic mass is 15.0. The van der Waals surface area contributed by atoms with Crippen LogP contribution in [0.1, 0.15) is 39.0 Å². The van der Waals surface area contributed by atoms with E-state index in [0.717, 1.165) is 6.54 Å². The van der Waals surface area contributed by atoms with Gasteiger partial charge in [-0.2, -0.15) is 0 Å². The minimum atomic E-state index is 0.535. The van der Waals surface area contributed by atoms with Crippen LogP contribution >= 0.6 is 0 Å². The van der Waals surface area contributed by atoms with Gasteiger partial charge in [0.2, 0.25) is 0 Å². The van der Waals surface area contributed by atoms with Gasteiger partial charge in [-0.15, -0.1) is 0 Å². The number of nitrogens with one attached hydrogen (secondary N) is 2. The molecule has 0 aromatic carbocycles. The molecule has 1 rings (SSSR count). The second-order valence-electron chi connectivity index (χ2n) is 3.87. The van der Waals surface area contributed by atoms with Crippen LogP contribution in [0.5, 0.6) is 0 Å². The molecule has 0 bridgehead atoms. The van der Waals surface area contributed by atoms with Gasteiger partial charge in [0.25, 0.3) is 0 Å². The third-order valence-electron chi connectivity index (χ3n) is 3.09. The van der Waals surface area contributed by atoms with Crippen LogP contribution < -0.4 is 10.6 Å². The fraction of sp³-hybridized carbons (Fsp3) is 1.00. The minimum absolute atomic E-state index is 0.535. The Hall–Kier alpha value is -0.0800. The van der Waals surface area contributed by atoms with Gasteiger partial charge < -0.3 is 10.6 Å². The second-order valence-corrected chi connectivity index (χ2v) is 3.87. The van der Waals surface area contributed by atoms with E-state index in [0.29, 0.717) is 5.54 Å². The van der Waals surface area contributed by atoms with Crippen molar-refractivity contribution in [2.24, 2.45) is 0 Å². The summed E-state index contributed by atoms with van der Waals surface area (Å²) in [6.07, 6.45) is 6.75. The van der Waals surface area contributed by atoms with Crippen LogP contribution in [-0.2, 0) is 0 Å². The van der Waals surface area contributed by atoms with Crippen molar-refractivity contribution < 1.29 is 0 Å². The van der Waals surface area contributed by atoms with Crippen LogP contribution in [0, 0.1) is 0 Å². The molecule has 0 aromatic rings. The van der Waals surface area contributed by atoms with Crippen molar-refractivity contribution in [3.05, 3.63) is 0 Å². The highest BCUT2D eigenvalue weighted by Crippen LogP contribution is 2.34. The maximum absolute atomic E-state index is 3.68. The predicted molar refractivity (Wildman–Crippen MR) is 53.4 cm³/mol. The average Bonchev–Trinajstić information content (AvgIpc) is 2.02. The van der Waals surface area contributed by atoms with Crippen LogP contribution in [0.4, 0.5) is 0 Å². The van der Waals surface area contributed by atoms with E-state index in [1.165, 1.54) is 38.6 Å². The summed E-state index contributed by atoms with van der Waals surface area (Å²) in [6.45, 7) is 4.60. The molecule has 0 spiro atoms. The first-order valence-corrected chi connectivity index (χ1v) is 5.22. The van der Waals surface area contributed by atoms with Crippen molar-refractivity contribution in [1.29, 1.82) is 0 Å². The average molecular weight is 170 g/mol. The Morgan fingerprint density at radius 1 is 1.25 bits per heavy atom. The van der Waals surface area contributed by atoms with Crippen molar-refractivity contribution in [3.8, 4) is 0 Å². The molecule has 0 aromatic heterocycles. The molecule has 2 nitrogen and oxygen atoms in total. The van der Waals surface area contributed by atoms with Gasteiger partial charge in [0.05, 0.1) is 0 Å². The highest BCUT2D eigenvalue weighted by Gasteiger charge is 2.33. The molecule has 0 amide bonds. The first-order valence-electron chi connectivity index (χ1n) is 5.22. The standard InChI is InChI=1S/C10H22N2/c1-3-10(6-4-7-10)12-9-5-8-11-2/h11-12H,3-9H2,1-2H3. The molecule has 0 saturated heterocycles. The number of hydrogen-bond donors (Lipinski definition) is 2. The van der Waals surface area contributed by atoms with Gasteiger partial charge in [-0.1, -0.05) is 6.92 Å². The van der Waals surface area contributed by atoms with Crippen LogP contribution in [0.15, 0.2) is 0 Å². The molecule has 72 valence electrons. The van der Waals surface area contributed by atoms with E-state index < -0.39 is 0 Å². The lowest BCUT2D eigenvalue weighted by molar-refractivity contribution is 0.177. The summed E-state index contributed by atoms with van der Waals surface area (Å²) in [5.41, 5.74) is 0.535. The van der Waals surface area contributed by atoms with Gasteiger partial charge in [0, 0.05) is 5.54 Å². The van der Waals surface area contributed by atoms with E-state index in [2.05, 4.69) is 17.6 Å². The van der Waals surface area contributed by atoms with E-state index in [1.807, 2.05) is 7.05 Å². The monoisotopic (exact) mass is 170 g/mol. The molecule has 1 saturated carbocycles.